The van der Waals surface area contributed by atoms with Gasteiger partial charge >= 0.3 is 5.97 Å². The van der Waals surface area contributed by atoms with E-state index in [9.17, 15) is 13.2 Å². The van der Waals surface area contributed by atoms with Crippen LogP contribution in [0.1, 0.15) is 17.4 Å². The molecule has 0 unspecified atom stereocenters. The zero-order valence-electron chi connectivity index (χ0n) is 11.6. The molecule has 114 valence electrons. The van der Waals surface area contributed by atoms with Gasteiger partial charge in [-0.1, -0.05) is 0 Å². The lowest BCUT2D eigenvalue weighted by Crippen LogP contribution is -2.19. The number of nitrogens with zero attached hydrogens (tertiary/aromatic N) is 3. The molecule has 0 saturated heterocycles. The van der Waals surface area contributed by atoms with E-state index in [-0.39, 0.29) is 17.2 Å². The average Bonchev–Trinajstić information content (AvgIpc) is 3.16. The summed E-state index contributed by atoms with van der Waals surface area (Å²) >= 11 is 0. The number of carbonyl (C=O) groups is 1. The van der Waals surface area contributed by atoms with Crippen molar-refractivity contribution in [2.75, 3.05) is 6.61 Å². The third-order valence-electron chi connectivity index (χ3n) is 3.04. The summed E-state index contributed by atoms with van der Waals surface area (Å²) in [4.78, 5) is 11.9. The number of ether oxygens (including phenoxy) is 1. The minimum atomic E-state index is -3.92. The fraction of sp³-hybridized carbons (Fsp3) is 0.154. The first kappa shape index (κ1) is 14.3. The molecule has 9 heteroatoms. The molecular weight excluding hydrogens is 308 g/mol. The first-order valence-electron chi connectivity index (χ1n) is 6.44. The molecule has 0 saturated carbocycles. The predicted molar refractivity (Wildman–Crippen MR) is 76.9 cm³/mol. The van der Waals surface area contributed by atoms with E-state index in [1.165, 1.54) is 30.5 Å². The fourth-order valence-corrected chi connectivity index (χ4v) is 3.39. The van der Waals surface area contributed by atoms with Crippen molar-refractivity contribution in [3.63, 3.8) is 0 Å². The van der Waals surface area contributed by atoms with Crippen LogP contribution >= 0.6 is 0 Å². The lowest BCUT2D eigenvalue weighted by Gasteiger charge is -2.09. The molecule has 2 aromatic heterocycles. The lowest BCUT2D eigenvalue weighted by molar-refractivity contribution is 0.0518. The summed E-state index contributed by atoms with van der Waals surface area (Å²) in [5, 5.41) is 10.1. The molecule has 1 aromatic carbocycles. The van der Waals surface area contributed by atoms with Crippen molar-refractivity contribution < 1.29 is 17.9 Å². The number of nitrogens with one attached hydrogen (secondary N) is 1. The highest BCUT2D eigenvalue weighted by atomic mass is 32.2. The highest BCUT2D eigenvalue weighted by molar-refractivity contribution is 7.90. The van der Waals surface area contributed by atoms with E-state index in [2.05, 4.69) is 15.4 Å². The predicted octanol–water partition coefficient (Wildman–Crippen LogP) is 1.17. The third kappa shape index (κ3) is 2.25. The molecule has 0 aliphatic carbocycles. The van der Waals surface area contributed by atoms with Crippen LogP contribution in [0.25, 0.3) is 11.0 Å². The van der Waals surface area contributed by atoms with Crippen LogP contribution < -0.4 is 0 Å². The summed E-state index contributed by atoms with van der Waals surface area (Å²) in [5.41, 5.74) is 0.921. The number of hydrogen-bond acceptors (Lipinski definition) is 6. The van der Waals surface area contributed by atoms with Crippen molar-refractivity contribution in [1.82, 2.24) is 19.4 Å². The van der Waals surface area contributed by atoms with Crippen LogP contribution in [-0.2, 0) is 14.8 Å². The largest absolute Gasteiger partial charge is 0.461 e. The Morgan fingerprint density at radius 3 is 2.82 bits per heavy atom. The summed E-state index contributed by atoms with van der Waals surface area (Å²) in [6, 6.07) is 7.21. The molecule has 0 amide bonds. The van der Waals surface area contributed by atoms with Crippen LogP contribution in [0.3, 0.4) is 0 Å². The lowest BCUT2D eigenvalue weighted by atomic mass is 10.3. The van der Waals surface area contributed by atoms with Gasteiger partial charge in [-0.25, -0.2) is 17.2 Å². The topological polar surface area (TPSA) is 107 Å². The van der Waals surface area contributed by atoms with Crippen LogP contribution in [0.2, 0.25) is 0 Å². The maximum atomic E-state index is 12.7. The zero-order chi connectivity index (χ0) is 15.7. The van der Waals surface area contributed by atoms with Gasteiger partial charge in [0.1, 0.15) is 16.7 Å². The Labute approximate surface area is 125 Å². The van der Waals surface area contributed by atoms with Crippen molar-refractivity contribution in [1.29, 1.82) is 0 Å². The van der Waals surface area contributed by atoms with E-state index < -0.39 is 16.0 Å². The smallest absolute Gasteiger partial charge is 0.355 e. The SMILES string of the molecule is CCOC(=O)c1cccn1S(=O)(=O)c1ccc2n[nH]nc2c1. The second-order valence-electron chi connectivity index (χ2n) is 4.39. The molecule has 3 aromatic rings. The third-order valence-corrected chi connectivity index (χ3v) is 4.73. The van der Waals surface area contributed by atoms with Crippen molar-refractivity contribution in [2.24, 2.45) is 0 Å². The maximum absolute atomic E-state index is 12.7. The fourth-order valence-electron chi connectivity index (χ4n) is 2.03. The quantitative estimate of drug-likeness (QED) is 0.723. The zero-order valence-corrected chi connectivity index (χ0v) is 12.4. The molecule has 0 aliphatic heterocycles. The number of fused-ring (bicyclic) bond motifs is 1. The van der Waals surface area contributed by atoms with Gasteiger partial charge in [0.15, 0.2) is 0 Å². The van der Waals surface area contributed by atoms with Gasteiger partial charge in [0.2, 0.25) is 0 Å². The second-order valence-corrected chi connectivity index (χ2v) is 6.20. The van der Waals surface area contributed by atoms with Gasteiger partial charge in [0.25, 0.3) is 10.0 Å². The monoisotopic (exact) mass is 320 g/mol. The molecule has 0 aliphatic rings. The Morgan fingerprint density at radius 2 is 2.05 bits per heavy atom. The molecule has 0 bridgehead atoms. The van der Waals surface area contributed by atoms with Crippen LogP contribution in [0, 0.1) is 0 Å². The van der Waals surface area contributed by atoms with E-state index in [4.69, 9.17) is 4.74 Å². The highest BCUT2D eigenvalue weighted by Gasteiger charge is 2.24. The van der Waals surface area contributed by atoms with Crippen molar-refractivity contribution in [2.45, 2.75) is 11.8 Å². The molecule has 0 spiro atoms. The van der Waals surface area contributed by atoms with Gasteiger partial charge in [0.05, 0.1) is 11.5 Å². The molecule has 2 heterocycles. The van der Waals surface area contributed by atoms with E-state index >= 15 is 0 Å². The number of benzene rings is 1. The Morgan fingerprint density at radius 1 is 1.27 bits per heavy atom. The molecular formula is C13H12N4O4S. The first-order valence-corrected chi connectivity index (χ1v) is 7.88. The van der Waals surface area contributed by atoms with Gasteiger partial charge in [-0.05, 0) is 37.3 Å². The molecule has 0 radical (unpaired) electrons. The van der Waals surface area contributed by atoms with E-state index in [0.717, 1.165) is 3.97 Å². The first-order chi connectivity index (χ1) is 10.5. The number of esters is 1. The Kier molecular flexibility index (Phi) is 3.41. The average molecular weight is 320 g/mol. The summed E-state index contributed by atoms with van der Waals surface area (Å²) in [6.07, 6.45) is 1.30. The summed E-state index contributed by atoms with van der Waals surface area (Å²) in [5.74, 6) is -0.696. The van der Waals surface area contributed by atoms with Gasteiger partial charge in [-0.3, -0.25) is 0 Å². The molecule has 0 fully saturated rings. The molecule has 1 N–H and O–H groups in total. The van der Waals surface area contributed by atoms with Gasteiger partial charge < -0.3 is 4.74 Å². The van der Waals surface area contributed by atoms with Crippen molar-refractivity contribution in [3.8, 4) is 0 Å². The van der Waals surface area contributed by atoms with E-state index in [1.54, 1.807) is 13.0 Å². The van der Waals surface area contributed by atoms with Crippen LogP contribution in [0.5, 0.6) is 0 Å². The van der Waals surface area contributed by atoms with Gasteiger partial charge in [-0.2, -0.15) is 15.4 Å². The van der Waals surface area contributed by atoms with Crippen LogP contribution in [0.4, 0.5) is 0 Å². The second kappa shape index (κ2) is 5.26. The summed E-state index contributed by atoms with van der Waals surface area (Å²) in [6.45, 7) is 1.81. The molecule has 22 heavy (non-hydrogen) atoms. The summed E-state index contributed by atoms with van der Waals surface area (Å²) in [7, 11) is -3.92. The van der Waals surface area contributed by atoms with E-state index in [0.29, 0.717) is 11.0 Å². The van der Waals surface area contributed by atoms with Crippen LogP contribution in [-0.4, -0.2) is 40.4 Å². The number of hydrogen-bond donors (Lipinski definition) is 1. The van der Waals surface area contributed by atoms with Crippen molar-refractivity contribution >= 4 is 27.0 Å². The molecule has 3 rings (SSSR count). The van der Waals surface area contributed by atoms with E-state index in [1.807, 2.05) is 0 Å². The van der Waals surface area contributed by atoms with Crippen molar-refractivity contribution in [3.05, 3.63) is 42.2 Å². The normalized spacial score (nSPS) is 11.7. The number of aromatic amines is 1. The highest BCUT2D eigenvalue weighted by Crippen LogP contribution is 2.20. The molecule has 8 nitrogen and oxygen atoms in total. The number of H-pyrrole nitrogens is 1. The standard InChI is InChI=1S/C13H12N4O4S/c1-2-21-13(18)12-4-3-7-17(12)22(19,20)9-5-6-10-11(8-9)15-16-14-10/h3-8H,2H2,1H3,(H,14,15,16). The number of carbonyl (C=O) groups excluding carboxylic acids is 1. The Hall–Kier alpha value is -2.68. The van der Waals surface area contributed by atoms with Crippen LogP contribution in [0.15, 0.2) is 41.4 Å². The summed E-state index contributed by atoms with van der Waals surface area (Å²) < 4.78 is 31.1. The van der Waals surface area contributed by atoms with Gasteiger partial charge in [0, 0.05) is 6.20 Å². The Bertz CT molecular complexity index is 942. The Balaban J connectivity index is 2.10. The molecule has 0 atom stereocenters. The maximum Gasteiger partial charge on any atom is 0.355 e. The number of rotatable bonds is 4. The minimum Gasteiger partial charge on any atom is -0.461 e. The van der Waals surface area contributed by atoms with Gasteiger partial charge in [-0.15, -0.1) is 0 Å². The number of aromatic nitrogens is 4. The minimum absolute atomic E-state index is 0.00986.